The van der Waals surface area contributed by atoms with Crippen LogP contribution < -0.4 is 5.32 Å². The molecule has 2 aromatic carbocycles. The van der Waals surface area contributed by atoms with Crippen LogP contribution in [0.5, 0.6) is 0 Å². The smallest absolute Gasteiger partial charge is 0.0422 e. The molecule has 1 aliphatic carbocycles. The third-order valence-corrected chi connectivity index (χ3v) is 4.35. The maximum Gasteiger partial charge on any atom is 0.0422 e. The predicted molar refractivity (Wildman–Crippen MR) is 83.6 cm³/mol. The molecule has 1 atom stereocenters. The lowest BCUT2D eigenvalue weighted by Gasteiger charge is -2.36. The lowest BCUT2D eigenvalue weighted by atomic mass is 9.75. The molecule has 0 aromatic heterocycles. The van der Waals surface area contributed by atoms with E-state index in [9.17, 15) is 0 Å². The standard InChI is InChI=1S/C18H23N/c1-18(2)12-6-9-15(13-18)19-17-11-5-8-14-7-3-4-10-16(14)17/h3-5,7-8,10-11,15,19H,6,9,12-13H2,1-2H3. The molecule has 1 heteroatoms. The van der Waals surface area contributed by atoms with Crippen LogP contribution in [0.3, 0.4) is 0 Å². The first-order chi connectivity index (χ1) is 9.14. The summed E-state index contributed by atoms with van der Waals surface area (Å²) in [5, 5.41) is 6.44. The molecule has 0 amide bonds. The van der Waals surface area contributed by atoms with Gasteiger partial charge in [0.25, 0.3) is 0 Å². The Morgan fingerprint density at radius 1 is 1.05 bits per heavy atom. The van der Waals surface area contributed by atoms with E-state index in [4.69, 9.17) is 0 Å². The van der Waals surface area contributed by atoms with Crippen molar-refractivity contribution in [1.29, 1.82) is 0 Å². The minimum atomic E-state index is 0.487. The molecule has 1 nitrogen and oxygen atoms in total. The molecule has 1 unspecified atom stereocenters. The molecule has 0 saturated heterocycles. The van der Waals surface area contributed by atoms with E-state index in [1.165, 1.54) is 42.1 Å². The monoisotopic (exact) mass is 253 g/mol. The number of fused-ring (bicyclic) bond motifs is 1. The summed E-state index contributed by atoms with van der Waals surface area (Å²) < 4.78 is 0. The van der Waals surface area contributed by atoms with Crippen LogP contribution >= 0.6 is 0 Å². The van der Waals surface area contributed by atoms with Crippen LogP contribution in [0.25, 0.3) is 10.8 Å². The number of hydrogen-bond donors (Lipinski definition) is 1. The molecule has 3 rings (SSSR count). The van der Waals surface area contributed by atoms with Gasteiger partial charge >= 0.3 is 0 Å². The van der Waals surface area contributed by atoms with Crippen molar-refractivity contribution in [1.82, 2.24) is 0 Å². The van der Waals surface area contributed by atoms with Crippen LogP contribution in [0.4, 0.5) is 5.69 Å². The number of hydrogen-bond acceptors (Lipinski definition) is 1. The summed E-state index contributed by atoms with van der Waals surface area (Å²) in [6.07, 6.45) is 5.28. The number of rotatable bonds is 2. The lowest BCUT2D eigenvalue weighted by molar-refractivity contribution is 0.229. The highest BCUT2D eigenvalue weighted by atomic mass is 14.9. The molecule has 0 radical (unpaired) electrons. The van der Waals surface area contributed by atoms with E-state index in [2.05, 4.69) is 61.6 Å². The average molecular weight is 253 g/mol. The Hall–Kier alpha value is -1.50. The van der Waals surface area contributed by atoms with E-state index >= 15 is 0 Å². The molecule has 0 spiro atoms. The fourth-order valence-corrected chi connectivity index (χ4v) is 3.39. The molecule has 1 fully saturated rings. The van der Waals surface area contributed by atoms with Crippen LogP contribution in [-0.2, 0) is 0 Å². The van der Waals surface area contributed by atoms with Gasteiger partial charge in [0.05, 0.1) is 0 Å². The molecule has 0 heterocycles. The van der Waals surface area contributed by atoms with Crippen molar-refractivity contribution in [2.24, 2.45) is 5.41 Å². The summed E-state index contributed by atoms with van der Waals surface area (Å²) in [5.74, 6) is 0. The average Bonchev–Trinajstić information content (AvgIpc) is 2.38. The van der Waals surface area contributed by atoms with Gasteiger partial charge in [0, 0.05) is 17.1 Å². The van der Waals surface area contributed by atoms with Crippen molar-refractivity contribution < 1.29 is 0 Å². The van der Waals surface area contributed by atoms with Gasteiger partial charge in [-0.05, 0) is 36.1 Å². The van der Waals surface area contributed by atoms with E-state index in [1.54, 1.807) is 0 Å². The Labute approximate surface area is 116 Å². The molecule has 2 aromatic rings. The minimum absolute atomic E-state index is 0.487. The summed E-state index contributed by atoms with van der Waals surface area (Å²) in [6, 6.07) is 15.8. The van der Waals surface area contributed by atoms with Crippen molar-refractivity contribution in [3.63, 3.8) is 0 Å². The fourth-order valence-electron chi connectivity index (χ4n) is 3.39. The van der Waals surface area contributed by atoms with Crippen molar-refractivity contribution >= 4 is 16.5 Å². The van der Waals surface area contributed by atoms with Crippen molar-refractivity contribution in [3.8, 4) is 0 Å². The van der Waals surface area contributed by atoms with Crippen LogP contribution in [0.1, 0.15) is 39.5 Å². The molecular weight excluding hydrogens is 230 g/mol. The van der Waals surface area contributed by atoms with Crippen molar-refractivity contribution in [2.45, 2.75) is 45.6 Å². The van der Waals surface area contributed by atoms with E-state index in [0.717, 1.165) is 0 Å². The highest BCUT2D eigenvalue weighted by molar-refractivity contribution is 5.93. The quantitative estimate of drug-likeness (QED) is 0.773. The zero-order chi connectivity index (χ0) is 13.3. The lowest BCUT2D eigenvalue weighted by Crippen LogP contribution is -2.31. The SMILES string of the molecule is CC1(C)CCCC(Nc2cccc3ccccc23)C1. The summed E-state index contributed by atoms with van der Waals surface area (Å²) >= 11 is 0. The predicted octanol–water partition coefficient (Wildman–Crippen LogP) is 5.22. The number of anilines is 1. The topological polar surface area (TPSA) is 12.0 Å². The van der Waals surface area contributed by atoms with Gasteiger partial charge in [-0.3, -0.25) is 0 Å². The second-order valence-corrected chi connectivity index (χ2v) is 6.63. The van der Waals surface area contributed by atoms with E-state index < -0.39 is 0 Å². The summed E-state index contributed by atoms with van der Waals surface area (Å²) in [5.41, 5.74) is 1.78. The first-order valence-corrected chi connectivity index (χ1v) is 7.38. The van der Waals surface area contributed by atoms with Gasteiger partial charge in [0.2, 0.25) is 0 Å². The summed E-state index contributed by atoms with van der Waals surface area (Å²) in [7, 11) is 0. The number of nitrogens with one attached hydrogen (secondary N) is 1. The van der Waals surface area contributed by atoms with Crippen LogP contribution in [0.2, 0.25) is 0 Å². The van der Waals surface area contributed by atoms with E-state index in [1.807, 2.05) is 0 Å². The Kier molecular flexibility index (Phi) is 3.22. The zero-order valence-electron chi connectivity index (χ0n) is 11.9. The summed E-state index contributed by atoms with van der Waals surface area (Å²) in [4.78, 5) is 0. The summed E-state index contributed by atoms with van der Waals surface area (Å²) in [6.45, 7) is 4.79. The van der Waals surface area contributed by atoms with Gasteiger partial charge in [-0.15, -0.1) is 0 Å². The fraction of sp³-hybridized carbons (Fsp3) is 0.444. The maximum absolute atomic E-state index is 3.78. The van der Waals surface area contributed by atoms with Gasteiger partial charge in [-0.2, -0.15) is 0 Å². The largest absolute Gasteiger partial charge is 0.382 e. The van der Waals surface area contributed by atoms with Gasteiger partial charge < -0.3 is 5.32 Å². The van der Waals surface area contributed by atoms with Gasteiger partial charge in [0.1, 0.15) is 0 Å². The molecular formula is C18H23N. The van der Waals surface area contributed by atoms with Crippen LogP contribution in [-0.4, -0.2) is 6.04 Å². The molecule has 0 bridgehead atoms. The maximum atomic E-state index is 3.78. The highest BCUT2D eigenvalue weighted by Gasteiger charge is 2.27. The first kappa shape index (κ1) is 12.5. The van der Waals surface area contributed by atoms with E-state index in [0.29, 0.717) is 11.5 Å². The molecule has 19 heavy (non-hydrogen) atoms. The second-order valence-electron chi connectivity index (χ2n) is 6.63. The Bertz CT molecular complexity index is 565. The zero-order valence-corrected chi connectivity index (χ0v) is 11.9. The third-order valence-electron chi connectivity index (χ3n) is 4.35. The second kappa shape index (κ2) is 4.88. The van der Waals surface area contributed by atoms with Crippen LogP contribution in [0, 0.1) is 5.41 Å². The molecule has 1 N–H and O–H groups in total. The Morgan fingerprint density at radius 3 is 2.68 bits per heavy atom. The van der Waals surface area contributed by atoms with Gasteiger partial charge in [0.15, 0.2) is 0 Å². The number of benzene rings is 2. The van der Waals surface area contributed by atoms with Crippen molar-refractivity contribution in [2.75, 3.05) is 5.32 Å². The Morgan fingerprint density at radius 2 is 1.84 bits per heavy atom. The van der Waals surface area contributed by atoms with Gasteiger partial charge in [-0.1, -0.05) is 56.7 Å². The highest BCUT2D eigenvalue weighted by Crippen LogP contribution is 2.37. The first-order valence-electron chi connectivity index (χ1n) is 7.38. The molecule has 1 saturated carbocycles. The van der Waals surface area contributed by atoms with Crippen LogP contribution in [0.15, 0.2) is 42.5 Å². The molecule has 1 aliphatic rings. The van der Waals surface area contributed by atoms with Gasteiger partial charge in [-0.25, -0.2) is 0 Å². The normalized spacial score (nSPS) is 22.3. The van der Waals surface area contributed by atoms with E-state index in [-0.39, 0.29) is 0 Å². The Balaban J connectivity index is 1.85. The third kappa shape index (κ3) is 2.75. The molecule has 100 valence electrons. The van der Waals surface area contributed by atoms with Crippen molar-refractivity contribution in [3.05, 3.63) is 42.5 Å². The molecule has 0 aliphatic heterocycles. The minimum Gasteiger partial charge on any atom is -0.382 e.